The van der Waals surface area contributed by atoms with Crippen LogP contribution in [0.25, 0.3) is 11.2 Å². The highest BCUT2D eigenvalue weighted by Gasteiger charge is 2.47. The van der Waals surface area contributed by atoms with Gasteiger partial charge in [-0.15, -0.1) is 0 Å². The number of ether oxygens (including phenoxy) is 1. The Kier molecular flexibility index (Phi) is 7.30. The number of hydrogen-bond acceptors (Lipinski definition) is 10. The molecule has 3 aromatic rings. The van der Waals surface area contributed by atoms with Gasteiger partial charge >= 0.3 is 0 Å². The van der Waals surface area contributed by atoms with E-state index in [9.17, 15) is 24.2 Å². The number of carbonyl (C=O) groups is 2. The van der Waals surface area contributed by atoms with Crippen molar-refractivity contribution in [2.24, 2.45) is 0 Å². The molecule has 0 aromatic carbocycles. The van der Waals surface area contributed by atoms with Gasteiger partial charge in [0.15, 0.2) is 23.8 Å². The number of hydrogen-bond donors (Lipinski definition) is 4. The summed E-state index contributed by atoms with van der Waals surface area (Å²) in [5.41, 5.74) is 6.62. The molecule has 0 radical (unpaired) electrons. The topological polar surface area (TPSA) is 182 Å². The molecule has 37 heavy (non-hydrogen) atoms. The Morgan fingerprint density at radius 2 is 2.03 bits per heavy atom. The summed E-state index contributed by atoms with van der Waals surface area (Å²) in [4.78, 5) is 42.4. The molecule has 194 valence electrons. The van der Waals surface area contributed by atoms with Crippen molar-refractivity contribution in [1.29, 1.82) is 0 Å². The van der Waals surface area contributed by atoms with E-state index in [0.717, 1.165) is 12.3 Å². The molecule has 4 heterocycles. The summed E-state index contributed by atoms with van der Waals surface area (Å²) < 4.78 is 20.0. The Labute approximate surface area is 210 Å². The molecular weight excluding hydrogens is 487 g/mol. The second-order valence-electron chi connectivity index (χ2n) is 8.50. The lowest BCUT2D eigenvalue weighted by Crippen LogP contribution is -2.41. The molecule has 1 saturated heterocycles. The number of amides is 2. The van der Waals surface area contributed by atoms with Crippen LogP contribution in [-0.2, 0) is 9.53 Å². The number of nitrogens with two attached hydrogens (primary N) is 1. The number of halogens is 1. The van der Waals surface area contributed by atoms with Gasteiger partial charge in [-0.1, -0.05) is 5.92 Å². The number of nitrogens with zero attached hydrogens (tertiary/aromatic N) is 6. The highest BCUT2D eigenvalue weighted by molar-refractivity contribution is 5.94. The van der Waals surface area contributed by atoms with Crippen molar-refractivity contribution in [3.05, 3.63) is 42.0 Å². The molecular formula is C23H25FN8O5. The number of aliphatic hydroxyl groups excluding tert-OH is 2. The first-order valence-corrected chi connectivity index (χ1v) is 11.3. The van der Waals surface area contributed by atoms with E-state index in [4.69, 9.17) is 10.5 Å². The van der Waals surface area contributed by atoms with Crippen molar-refractivity contribution in [3.63, 3.8) is 0 Å². The Balaban J connectivity index is 1.60. The maximum Gasteiger partial charge on any atom is 0.256 e. The highest BCUT2D eigenvalue weighted by atomic mass is 19.1. The number of pyridine rings is 1. The lowest BCUT2D eigenvalue weighted by atomic mass is 10.1. The van der Waals surface area contributed by atoms with Gasteiger partial charge < -0.3 is 30.9 Å². The predicted molar refractivity (Wildman–Crippen MR) is 127 cm³/mol. The van der Waals surface area contributed by atoms with Crippen molar-refractivity contribution in [3.8, 4) is 11.8 Å². The zero-order valence-electron chi connectivity index (χ0n) is 20.2. The van der Waals surface area contributed by atoms with Gasteiger partial charge in [-0.3, -0.25) is 14.2 Å². The molecule has 1 fully saturated rings. The molecule has 1 aliphatic heterocycles. The first-order chi connectivity index (χ1) is 17.6. The zero-order chi connectivity index (χ0) is 26.9. The van der Waals surface area contributed by atoms with Crippen molar-refractivity contribution < 1.29 is 28.9 Å². The SMILES string of the molecule is CNC(=O)[C@H]1O[C@@H](n2cnc3c(N)nc(C#CCN(C(=O)c4ccc(F)nc4)C(C)C)nc32)[C@H](O)[C@@H]1O. The van der Waals surface area contributed by atoms with E-state index in [-0.39, 0.29) is 46.9 Å². The van der Waals surface area contributed by atoms with E-state index >= 15 is 0 Å². The van der Waals surface area contributed by atoms with E-state index < -0.39 is 36.4 Å². The molecule has 4 atom stereocenters. The molecule has 0 saturated carbocycles. The minimum Gasteiger partial charge on any atom is -0.387 e. The fourth-order valence-electron chi connectivity index (χ4n) is 3.79. The number of rotatable bonds is 5. The number of carbonyl (C=O) groups excluding carboxylic acids is 2. The second-order valence-corrected chi connectivity index (χ2v) is 8.50. The van der Waals surface area contributed by atoms with Crippen LogP contribution in [0, 0.1) is 17.8 Å². The Morgan fingerprint density at radius 1 is 1.27 bits per heavy atom. The van der Waals surface area contributed by atoms with Gasteiger partial charge in [0, 0.05) is 19.3 Å². The van der Waals surface area contributed by atoms with Crippen molar-refractivity contribution in [1.82, 2.24) is 34.7 Å². The van der Waals surface area contributed by atoms with Crippen LogP contribution in [0.4, 0.5) is 10.2 Å². The normalized spacial score (nSPS) is 21.1. The molecule has 4 rings (SSSR count). The lowest BCUT2D eigenvalue weighted by molar-refractivity contribution is -0.137. The lowest BCUT2D eigenvalue weighted by Gasteiger charge is -2.24. The third-order valence-corrected chi connectivity index (χ3v) is 5.77. The molecule has 13 nitrogen and oxygen atoms in total. The van der Waals surface area contributed by atoms with Gasteiger partial charge in [0.1, 0.15) is 17.7 Å². The maximum absolute atomic E-state index is 13.1. The summed E-state index contributed by atoms with van der Waals surface area (Å²) in [7, 11) is 1.38. The molecule has 2 amide bonds. The summed E-state index contributed by atoms with van der Waals surface area (Å²) >= 11 is 0. The molecule has 5 N–H and O–H groups in total. The van der Waals surface area contributed by atoms with Gasteiger partial charge in [-0.25, -0.2) is 19.9 Å². The predicted octanol–water partition coefficient (Wildman–Crippen LogP) is -0.790. The smallest absolute Gasteiger partial charge is 0.256 e. The van der Waals surface area contributed by atoms with Gasteiger partial charge in [0.05, 0.1) is 18.4 Å². The van der Waals surface area contributed by atoms with Crippen LogP contribution >= 0.6 is 0 Å². The number of anilines is 1. The number of nitrogens with one attached hydrogen (secondary N) is 1. The van der Waals surface area contributed by atoms with Crippen molar-refractivity contribution >= 4 is 28.8 Å². The highest BCUT2D eigenvalue weighted by Crippen LogP contribution is 2.32. The molecule has 0 spiro atoms. The minimum atomic E-state index is -1.48. The number of aliphatic hydroxyl groups is 2. The van der Waals surface area contributed by atoms with Gasteiger partial charge in [0.25, 0.3) is 11.8 Å². The Bertz CT molecular complexity index is 1380. The van der Waals surface area contributed by atoms with Crippen LogP contribution in [0.1, 0.15) is 36.3 Å². The van der Waals surface area contributed by atoms with Crippen molar-refractivity contribution in [2.75, 3.05) is 19.3 Å². The zero-order valence-corrected chi connectivity index (χ0v) is 20.2. The number of aromatic nitrogens is 5. The van der Waals surface area contributed by atoms with Crippen LogP contribution in [0.5, 0.6) is 0 Å². The molecule has 1 aliphatic rings. The fraction of sp³-hybridized carbons (Fsp3) is 0.391. The van der Waals surface area contributed by atoms with E-state index in [1.54, 1.807) is 0 Å². The fourth-order valence-corrected chi connectivity index (χ4v) is 3.79. The number of imidazole rings is 1. The van der Waals surface area contributed by atoms with Crippen LogP contribution in [0.15, 0.2) is 24.7 Å². The molecule has 0 aliphatic carbocycles. The van der Waals surface area contributed by atoms with E-state index in [2.05, 4.69) is 37.1 Å². The van der Waals surface area contributed by atoms with Crippen LogP contribution in [0.3, 0.4) is 0 Å². The molecule has 0 unspecified atom stereocenters. The summed E-state index contributed by atoms with van der Waals surface area (Å²) in [6, 6.07) is 2.23. The number of nitrogen functional groups attached to an aromatic ring is 1. The second kappa shape index (κ2) is 10.4. The largest absolute Gasteiger partial charge is 0.387 e. The molecule has 14 heteroatoms. The third-order valence-electron chi connectivity index (χ3n) is 5.77. The van der Waals surface area contributed by atoms with Crippen LogP contribution in [0.2, 0.25) is 0 Å². The third kappa shape index (κ3) is 5.05. The average molecular weight is 513 g/mol. The number of likely N-dealkylation sites (N-methyl/N-ethyl adjacent to an activating group) is 1. The van der Waals surface area contributed by atoms with Gasteiger partial charge in [0.2, 0.25) is 11.8 Å². The quantitative estimate of drug-likeness (QED) is 0.250. The maximum atomic E-state index is 13.1. The first kappa shape index (κ1) is 25.9. The summed E-state index contributed by atoms with van der Waals surface area (Å²) in [6.45, 7) is 3.63. The first-order valence-electron chi connectivity index (χ1n) is 11.3. The van der Waals surface area contributed by atoms with E-state index in [1.165, 1.54) is 28.9 Å². The standard InChI is InChI=1S/C23H25FN8O5/c1-11(2)31(22(36)12-6-7-13(24)27-9-12)8-4-5-14-29-19(25)15-20(30-14)32(10-28-15)23-17(34)16(33)18(37-23)21(35)26-3/h6-7,9-11,16-18,23,33-34H,8H2,1-3H3,(H,26,35)(H2,25,29,30)/t16-,17+,18-,23+/m0/s1. The van der Waals surface area contributed by atoms with E-state index in [0.29, 0.717) is 0 Å². The molecule has 3 aromatic heterocycles. The van der Waals surface area contributed by atoms with Crippen LogP contribution in [-0.4, -0.2) is 89.4 Å². The van der Waals surface area contributed by atoms with Gasteiger partial charge in [-0.2, -0.15) is 4.39 Å². The van der Waals surface area contributed by atoms with Crippen LogP contribution < -0.4 is 11.1 Å². The monoisotopic (exact) mass is 512 g/mol. The van der Waals surface area contributed by atoms with Crippen molar-refractivity contribution in [2.45, 2.75) is 44.4 Å². The molecule has 0 bridgehead atoms. The van der Waals surface area contributed by atoms with E-state index in [1.807, 2.05) is 13.8 Å². The summed E-state index contributed by atoms with van der Waals surface area (Å²) in [5.74, 6) is 3.97. The minimum absolute atomic E-state index is 0.0121. The number of fused-ring (bicyclic) bond motifs is 1. The summed E-state index contributed by atoms with van der Waals surface area (Å²) in [6.07, 6.45) is -2.93. The van der Waals surface area contributed by atoms with Gasteiger partial charge in [-0.05, 0) is 31.9 Å². The Hall–Kier alpha value is -4.19. The Morgan fingerprint density at radius 3 is 2.68 bits per heavy atom. The summed E-state index contributed by atoms with van der Waals surface area (Å²) in [5, 5.41) is 23.1. The average Bonchev–Trinajstić information content (AvgIpc) is 3.42.